The molecule has 0 bridgehead atoms. The van der Waals surface area contributed by atoms with E-state index in [0.717, 1.165) is 18.7 Å². The number of hydrogen-bond acceptors (Lipinski definition) is 6. The summed E-state index contributed by atoms with van der Waals surface area (Å²) in [6, 6.07) is 16.4. The molecule has 37 heavy (non-hydrogen) atoms. The Bertz CT molecular complexity index is 1280. The molecule has 0 radical (unpaired) electrons. The van der Waals surface area contributed by atoms with Crippen molar-refractivity contribution in [1.29, 1.82) is 0 Å². The molecule has 2 aliphatic rings. The Labute approximate surface area is 226 Å². The Morgan fingerprint density at radius 2 is 1.78 bits per heavy atom. The molecule has 0 saturated carbocycles. The van der Waals surface area contributed by atoms with Crippen molar-refractivity contribution in [1.82, 2.24) is 14.8 Å². The minimum Gasteiger partial charge on any atom is -0.384 e. The second-order valence-corrected chi connectivity index (χ2v) is 10.5. The quantitative estimate of drug-likeness (QED) is 0.476. The molecule has 2 aliphatic heterocycles. The average molecular weight is 542 g/mol. The zero-order valence-electron chi connectivity index (χ0n) is 20.8. The predicted octanol–water partition coefficient (Wildman–Crippen LogP) is 4.43. The zero-order chi connectivity index (χ0) is 26.2. The summed E-state index contributed by atoms with van der Waals surface area (Å²) >= 11 is 12.2. The van der Waals surface area contributed by atoms with Crippen LogP contribution in [0.2, 0.25) is 10.0 Å². The number of ether oxygens (including phenoxy) is 2. The van der Waals surface area contributed by atoms with E-state index in [1.165, 1.54) is 0 Å². The molecule has 0 spiro atoms. The number of pyridine rings is 1. The highest BCUT2D eigenvalue weighted by Gasteiger charge is 2.52. The molecule has 7 nitrogen and oxygen atoms in total. The molecule has 5 rings (SSSR count). The standard InChI is InChI=1S/C28H29Cl2N3O4/c1-27(35,18-32-11-13-37-14-12-32)20-5-10-25-24(15-20)26(34)33(17-23-9-8-22(30)16-31-23)28(25,36-2)19-3-6-21(29)7-4-19/h3-10,15-16,35H,11-14,17-18H2,1-2H3/t27?,28-/m1/s1. The Hall–Kier alpha value is -2.52. The topological polar surface area (TPSA) is 75.1 Å². The van der Waals surface area contributed by atoms with Crippen molar-refractivity contribution in [3.05, 3.63) is 98.8 Å². The van der Waals surface area contributed by atoms with Gasteiger partial charge in [-0.2, -0.15) is 0 Å². The maximum Gasteiger partial charge on any atom is 0.257 e. The SMILES string of the molecule is CO[C@]1(c2ccc(Cl)cc2)c2ccc(C(C)(O)CN3CCOCC3)cc2C(=O)N1Cc1ccc(Cl)cn1. The fourth-order valence-electron chi connectivity index (χ4n) is 5.24. The fraction of sp³-hybridized carbons (Fsp3) is 0.357. The lowest BCUT2D eigenvalue weighted by Crippen LogP contribution is -2.46. The fourth-order valence-corrected chi connectivity index (χ4v) is 5.48. The monoisotopic (exact) mass is 541 g/mol. The van der Waals surface area contributed by atoms with Gasteiger partial charge in [-0.3, -0.25) is 19.6 Å². The maximum atomic E-state index is 14.0. The van der Waals surface area contributed by atoms with E-state index in [4.69, 9.17) is 32.7 Å². The van der Waals surface area contributed by atoms with Crippen LogP contribution in [0.5, 0.6) is 0 Å². The summed E-state index contributed by atoms with van der Waals surface area (Å²) in [5, 5.41) is 12.5. The molecule has 3 heterocycles. The molecule has 3 aromatic rings. The van der Waals surface area contributed by atoms with Crippen molar-refractivity contribution >= 4 is 29.1 Å². The Balaban J connectivity index is 1.58. The van der Waals surface area contributed by atoms with Crippen LogP contribution >= 0.6 is 23.2 Å². The molecule has 1 unspecified atom stereocenters. The van der Waals surface area contributed by atoms with E-state index in [1.807, 2.05) is 24.3 Å². The second-order valence-electron chi connectivity index (χ2n) is 9.64. The van der Waals surface area contributed by atoms with Crippen LogP contribution in [0.3, 0.4) is 0 Å². The number of aromatic nitrogens is 1. The largest absolute Gasteiger partial charge is 0.384 e. The normalized spacial score (nSPS) is 21.6. The number of nitrogens with zero attached hydrogens (tertiary/aromatic N) is 3. The van der Waals surface area contributed by atoms with Gasteiger partial charge < -0.3 is 14.6 Å². The number of rotatable bonds is 7. The van der Waals surface area contributed by atoms with Crippen molar-refractivity contribution in [3.8, 4) is 0 Å². The summed E-state index contributed by atoms with van der Waals surface area (Å²) in [4.78, 5) is 22.3. The Kier molecular flexibility index (Phi) is 7.29. The minimum absolute atomic E-state index is 0.195. The van der Waals surface area contributed by atoms with Crippen molar-refractivity contribution in [2.45, 2.75) is 24.8 Å². The lowest BCUT2D eigenvalue weighted by Gasteiger charge is -2.38. The number of aliphatic hydroxyl groups is 1. The van der Waals surface area contributed by atoms with E-state index in [0.29, 0.717) is 52.2 Å². The number of carbonyl (C=O) groups is 1. The van der Waals surface area contributed by atoms with Crippen LogP contribution in [0.4, 0.5) is 0 Å². The van der Waals surface area contributed by atoms with Gasteiger partial charge >= 0.3 is 0 Å². The smallest absolute Gasteiger partial charge is 0.257 e. The van der Waals surface area contributed by atoms with E-state index in [1.54, 1.807) is 55.5 Å². The van der Waals surface area contributed by atoms with E-state index in [-0.39, 0.29) is 12.5 Å². The van der Waals surface area contributed by atoms with Gasteiger partial charge in [0, 0.05) is 54.7 Å². The van der Waals surface area contributed by atoms with Crippen LogP contribution in [0.1, 0.15) is 39.7 Å². The summed E-state index contributed by atoms with van der Waals surface area (Å²) in [6.45, 7) is 5.21. The highest BCUT2D eigenvalue weighted by molar-refractivity contribution is 6.30. The summed E-state index contributed by atoms with van der Waals surface area (Å²) in [5.74, 6) is -0.215. The molecule has 1 amide bonds. The van der Waals surface area contributed by atoms with E-state index >= 15 is 0 Å². The van der Waals surface area contributed by atoms with Crippen molar-refractivity contribution in [3.63, 3.8) is 0 Å². The number of hydrogen-bond donors (Lipinski definition) is 1. The first kappa shape index (κ1) is 26.1. The van der Waals surface area contributed by atoms with Gasteiger partial charge in [0.1, 0.15) is 0 Å². The molecule has 1 aromatic heterocycles. The Morgan fingerprint density at radius 1 is 1.08 bits per heavy atom. The van der Waals surface area contributed by atoms with Gasteiger partial charge in [0.15, 0.2) is 5.72 Å². The lowest BCUT2D eigenvalue weighted by atomic mass is 9.88. The summed E-state index contributed by atoms with van der Waals surface area (Å²) < 4.78 is 11.6. The van der Waals surface area contributed by atoms with Gasteiger partial charge in [-0.15, -0.1) is 0 Å². The number of halogens is 2. The highest BCUT2D eigenvalue weighted by Crippen LogP contribution is 2.46. The van der Waals surface area contributed by atoms with Gasteiger partial charge in [0.25, 0.3) is 5.91 Å². The van der Waals surface area contributed by atoms with Gasteiger partial charge in [0.05, 0.1) is 36.1 Å². The van der Waals surface area contributed by atoms with Crippen LogP contribution in [-0.4, -0.2) is 65.8 Å². The number of fused-ring (bicyclic) bond motifs is 1. The summed E-state index contributed by atoms with van der Waals surface area (Å²) in [6.07, 6.45) is 1.56. The van der Waals surface area contributed by atoms with Gasteiger partial charge in [0.2, 0.25) is 0 Å². The third kappa shape index (κ3) is 4.88. The number of β-amino-alcohol motifs (C(OH)–C–C–N with tert-alkyl or cyclic N) is 1. The third-order valence-electron chi connectivity index (χ3n) is 7.14. The first-order chi connectivity index (χ1) is 17.7. The van der Waals surface area contributed by atoms with Crippen LogP contribution in [-0.2, 0) is 27.3 Å². The van der Waals surface area contributed by atoms with Crippen LogP contribution in [0, 0.1) is 0 Å². The average Bonchev–Trinajstić information content (AvgIpc) is 3.13. The molecule has 2 aromatic carbocycles. The third-order valence-corrected chi connectivity index (χ3v) is 7.61. The van der Waals surface area contributed by atoms with Crippen LogP contribution < -0.4 is 0 Å². The number of benzene rings is 2. The van der Waals surface area contributed by atoms with Gasteiger partial charge in [-0.25, -0.2) is 0 Å². The molecular formula is C28H29Cl2N3O4. The number of amides is 1. The molecule has 194 valence electrons. The number of methoxy groups -OCH3 is 1. The molecule has 2 atom stereocenters. The van der Waals surface area contributed by atoms with Crippen molar-refractivity contribution < 1.29 is 19.4 Å². The number of morpholine rings is 1. The molecular weight excluding hydrogens is 513 g/mol. The molecule has 9 heteroatoms. The van der Waals surface area contributed by atoms with E-state index < -0.39 is 11.3 Å². The van der Waals surface area contributed by atoms with Gasteiger partial charge in [-0.05, 0) is 42.8 Å². The molecule has 1 saturated heterocycles. The summed E-state index contributed by atoms with van der Waals surface area (Å²) in [7, 11) is 1.59. The van der Waals surface area contributed by atoms with Crippen molar-refractivity contribution in [2.24, 2.45) is 0 Å². The van der Waals surface area contributed by atoms with Crippen LogP contribution in [0.15, 0.2) is 60.8 Å². The molecule has 1 N–H and O–H groups in total. The number of carbonyl (C=O) groups excluding carboxylic acids is 1. The zero-order valence-corrected chi connectivity index (χ0v) is 22.3. The molecule has 0 aliphatic carbocycles. The minimum atomic E-state index is -1.20. The van der Waals surface area contributed by atoms with Crippen LogP contribution in [0.25, 0.3) is 0 Å². The summed E-state index contributed by atoms with van der Waals surface area (Å²) in [5.41, 5.74) is 0.904. The van der Waals surface area contributed by atoms with E-state index in [2.05, 4.69) is 9.88 Å². The first-order valence-electron chi connectivity index (χ1n) is 12.2. The first-order valence-corrected chi connectivity index (χ1v) is 12.9. The predicted molar refractivity (Wildman–Crippen MR) is 142 cm³/mol. The lowest BCUT2D eigenvalue weighted by molar-refractivity contribution is -0.0868. The Morgan fingerprint density at radius 3 is 2.43 bits per heavy atom. The van der Waals surface area contributed by atoms with Gasteiger partial charge in [-0.1, -0.05) is 47.5 Å². The maximum absolute atomic E-state index is 14.0. The van der Waals surface area contributed by atoms with Crippen molar-refractivity contribution in [2.75, 3.05) is 40.0 Å². The second kappa shape index (κ2) is 10.3. The molecule has 1 fully saturated rings. The van der Waals surface area contributed by atoms with E-state index in [9.17, 15) is 9.90 Å². The highest BCUT2D eigenvalue weighted by atomic mass is 35.5.